The number of carbonyl (C=O) groups excluding carboxylic acids is 3. The number of hydrogen-bond acceptors (Lipinski definition) is 6. The molecule has 9 heteroatoms. The zero-order chi connectivity index (χ0) is 24.9. The van der Waals surface area contributed by atoms with Crippen LogP contribution in [-0.2, 0) is 20.9 Å². The molecular weight excluding hydrogens is 474 g/mol. The van der Waals surface area contributed by atoms with E-state index in [0.29, 0.717) is 23.2 Å². The number of nitrogens with one attached hydrogen (secondary N) is 2. The number of benzene rings is 2. The summed E-state index contributed by atoms with van der Waals surface area (Å²) in [5.74, 6) is 0.0506. The van der Waals surface area contributed by atoms with Crippen molar-refractivity contribution in [1.82, 2.24) is 15.5 Å². The molecule has 0 spiro atoms. The summed E-state index contributed by atoms with van der Waals surface area (Å²) >= 11 is 1.23. The van der Waals surface area contributed by atoms with Crippen molar-refractivity contribution in [3.8, 4) is 0 Å². The summed E-state index contributed by atoms with van der Waals surface area (Å²) in [5.41, 5.74) is 2.43. The van der Waals surface area contributed by atoms with Gasteiger partial charge in [-0.3, -0.25) is 19.4 Å². The molecule has 0 aromatic heterocycles. The van der Waals surface area contributed by atoms with E-state index in [9.17, 15) is 14.4 Å². The van der Waals surface area contributed by atoms with E-state index < -0.39 is 6.04 Å². The molecule has 0 bridgehead atoms. The van der Waals surface area contributed by atoms with Gasteiger partial charge in [0.05, 0.1) is 17.9 Å². The standard InChI is InChI=1S/C27H29N5O3S/c33-23(28-16-18-9-3-1-4-10-18)15-22-26(35)32-25(30-22)20-13-7-8-14-21(20)31-27(32)36-17-24(34)29-19-11-5-2-6-12-19/h1,3-4,7-10,13-14,19,22H,2,5-6,11-12,15-17H2,(H,28,33)(H,29,34)/t22-/m1/s1. The molecule has 1 fully saturated rings. The molecule has 2 aromatic carbocycles. The summed E-state index contributed by atoms with van der Waals surface area (Å²) < 4.78 is 0. The van der Waals surface area contributed by atoms with E-state index in [1.54, 1.807) is 0 Å². The molecule has 1 saturated carbocycles. The minimum absolute atomic E-state index is 0.0477. The second-order valence-corrected chi connectivity index (χ2v) is 10.2. The molecule has 8 nitrogen and oxygen atoms in total. The lowest BCUT2D eigenvalue weighted by Crippen LogP contribution is -2.43. The summed E-state index contributed by atoms with van der Waals surface area (Å²) in [5, 5.41) is 6.40. The first kappa shape index (κ1) is 24.2. The molecule has 3 aliphatic rings. The van der Waals surface area contributed by atoms with Gasteiger partial charge < -0.3 is 10.6 Å². The van der Waals surface area contributed by atoms with Gasteiger partial charge in [0.25, 0.3) is 5.91 Å². The second kappa shape index (κ2) is 11.1. The summed E-state index contributed by atoms with van der Waals surface area (Å²) in [6.45, 7) is 0.391. The average Bonchev–Trinajstić information content (AvgIpc) is 3.23. The number of aliphatic imine (C=N–C) groups is 2. The van der Waals surface area contributed by atoms with Crippen LogP contribution >= 0.6 is 11.8 Å². The monoisotopic (exact) mass is 503 g/mol. The molecule has 2 aromatic rings. The molecule has 0 unspecified atom stereocenters. The molecule has 36 heavy (non-hydrogen) atoms. The van der Waals surface area contributed by atoms with E-state index in [4.69, 9.17) is 0 Å². The zero-order valence-corrected chi connectivity index (χ0v) is 20.8. The highest BCUT2D eigenvalue weighted by atomic mass is 32.2. The van der Waals surface area contributed by atoms with E-state index in [2.05, 4.69) is 20.6 Å². The number of para-hydroxylation sites is 1. The van der Waals surface area contributed by atoms with Crippen molar-refractivity contribution in [3.05, 3.63) is 65.7 Å². The van der Waals surface area contributed by atoms with Gasteiger partial charge in [-0.05, 0) is 30.5 Å². The average molecular weight is 504 g/mol. The Kier molecular flexibility index (Phi) is 7.46. The Morgan fingerprint density at radius 3 is 2.53 bits per heavy atom. The van der Waals surface area contributed by atoms with E-state index in [-0.39, 0.29) is 35.9 Å². The molecule has 0 saturated heterocycles. The number of fused-ring (bicyclic) bond motifs is 3. The first-order valence-corrected chi connectivity index (χ1v) is 13.4. The van der Waals surface area contributed by atoms with E-state index in [0.717, 1.165) is 36.8 Å². The van der Waals surface area contributed by atoms with Crippen molar-refractivity contribution >= 4 is 46.2 Å². The Morgan fingerprint density at radius 1 is 0.972 bits per heavy atom. The van der Waals surface area contributed by atoms with Gasteiger partial charge in [0, 0.05) is 18.2 Å². The van der Waals surface area contributed by atoms with Crippen molar-refractivity contribution in [3.63, 3.8) is 0 Å². The van der Waals surface area contributed by atoms with Crippen LogP contribution in [0.1, 0.15) is 49.7 Å². The Morgan fingerprint density at radius 2 is 1.72 bits per heavy atom. The third kappa shape index (κ3) is 5.51. The first-order chi connectivity index (χ1) is 17.6. The lowest BCUT2D eigenvalue weighted by molar-refractivity contribution is -0.128. The van der Waals surface area contributed by atoms with Crippen molar-refractivity contribution in [2.75, 3.05) is 5.75 Å². The highest BCUT2D eigenvalue weighted by Crippen LogP contribution is 2.34. The topological polar surface area (TPSA) is 103 Å². The van der Waals surface area contributed by atoms with Crippen LogP contribution < -0.4 is 10.6 Å². The smallest absolute Gasteiger partial charge is 0.259 e. The SMILES string of the molecule is O=C(C[C@H]1N=C2c3ccccc3N=C(SCC(=O)NC3CCCCC3)N2C1=O)NCc1ccccc1. The number of nitrogens with zero attached hydrogens (tertiary/aromatic N) is 3. The van der Waals surface area contributed by atoms with Crippen molar-refractivity contribution in [2.24, 2.45) is 9.98 Å². The van der Waals surface area contributed by atoms with Gasteiger partial charge in [-0.25, -0.2) is 9.89 Å². The van der Waals surface area contributed by atoms with Gasteiger partial charge in [0.2, 0.25) is 11.8 Å². The lowest BCUT2D eigenvalue weighted by atomic mass is 9.95. The van der Waals surface area contributed by atoms with Crippen LogP contribution in [0.5, 0.6) is 0 Å². The molecule has 186 valence electrons. The van der Waals surface area contributed by atoms with E-state index >= 15 is 0 Å². The van der Waals surface area contributed by atoms with Crippen LogP contribution in [0.15, 0.2) is 64.6 Å². The van der Waals surface area contributed by atoms with Gasteiger partial charge >= 0.3 is 0 Å². The number of amidine groups is 2. The number of hydrogen-bond donors (Lipinski definition) is 2. The maximum absolute atomic E-state index is 13.4. The normalized spacial score (nSPS) is 19.2. The second-order valence-electron chi connectivity index (χ2n) is 9.21. The highest BCUT2D eigenvalue weighted by molar-refractivity contribution is 8.14. The highest BCUT2D eigenvalue weighted by Gasteiger charge is 2.42. The van der Waals surface area contributed by atoms with Crippen LogP contribution in [0.4, 0.5) is 5.69 Å². The zero-order valence-electron chi connectivity index (χ0n) is 20.0. The molecule has 0 radical (unpaired) electrons. The Hall–Kier alpha value is -3.46. The third-order valence-corrected chi connectivity index (χ3v) is 7.50. The maximum Gasteiger partial charge on any atom is 0.259 e. The number of carbonyl (C=O) groups is 3. The fraction of sp³-hybridized carbons (Fsp3) is 0.370. The maximum atomic E-state index is 13.4. The molecule has 1 atom stereocenters. The predicted octanol–water partition coefficient (Wildman–Crippen LogP) is 3.53. The van der Waals surface area contributed by atoms with E-state index in [1.807, 2.05) is 54.6 Å². The van der Waals surface area contributed by atoms with Gasteiger partial charge in [-0.2, -0.15) is 0 Å². The Balaban J connectivity index is 1.26. The summed E-state index contributed by atoms with van der Waals surface area (Å²) in [6.07, 6.45) is 5.49. The fourth-order valence-electron chi connectivity index (χ4n) is 4.72. The van der Waals surface area contributed by atoms with Crippen molar-refractivity contribution in [1.29, 1.82) is 0 Å². The predicted molar refractivity (Wildman–Crippen MR) is 141 cm³/mol. The van der Waals surface area contributed by atoms with Crippen molar-refractivity contribution in [2.45, 2.75) is 57.2 Å². The molecule has 3 amide bonds. The van der Waals surface area contributed by atoms with E-state index in [1.165, 1.54) is 23.1 Å². The third-order valence-electron chi connectivity index (χ3n) is 6.56. The number of thioether (sulfide) groups is 1. The minimum atomic E-state index is -0.830. The van der Waals surface area contributed by atoms with Gasteiger partial charge in [-0.1, -0.05) is 73.5 Å². The van der Waals surface area contributed by atoms with Gasteiger partial charge in [-0.15, -0.1) is 0 Å². The molecule has 2 aliphatic heterocycles. The van der Waals surface area contributed by atoms with Crippen LogP contribution in [0.3, 0.4) is 0 Å². The van der Waals surface area contributed by atoms with Crippen LogP contribution in [0, 0.1) is 0 Å². The van der Waals surface area contributed by atoms with Crippen LogP contribution in [0.2, 0.25) is 0 Å². The molecule has 2 heterocycles. The molecule has 1 aliphatic carbocycles. The molecule has 5 rings (SSSR count). The van der Waals surface area contributed by atoms with Crippen LogP contribution in [-0.4, -0.2) is 51.5 Å². The number of amides is 3. The molecular formula is C27H29N5O3S. The minimum Gasteiger partial charge on any atom is -0.353 e. The summed E-state index contributed by atoms with van der Waals surface area (Å²) in [4.78, 5) is 49.4. The van der Waals surface area contributed by atoms with Gasteiger partial charge in [0.1, 0.15) is 11.9 Å². The van der Waals surface area contributed by atoms with Crippen molar-refractivity contribution < 1.29 is 14.4 Å². The summed E-state index contributed by atoms with van der Waals surface area (Å²) in [7, 11) is 0. The number of rotatable bonds is 7. The lowest BCUT2D eigenvalue weighted by Gasteiger charge is -2.26. The Labute approximate surface area is 214 Å². The largest absolute Gasteiger partial charge is 0.353 e. The van der Waals surface area contributed by atoms with Gasteiger partial charge in [0.15, 0.2) is 5.17 Å². The van der Waals surface area contributed by atoms with Crippen LogP contribution in [0.25, 0.3) is 0 Å². The fourth-order valence-corrected chi connectivity index (χ4v) is 5.53. The molecule has 2 N–H and O–H groups in total. The summed E-state index contributed by atoms with van der Waals surface area (Å²) in [6, 6.07) is 16.5. The first-order valence-electron chi connectivity index (χ1n) is 12.4. The quantitative estimate of drug-likeness (QED) is 0.603. The Bertz CT molecular complexity index is 1210.